The van der Waals surface area contributed by atoms with Gasteiger partial charge in [0.15, 0.2) is 0 Å². The maximum atomic E-state index is 10.9. The molecule has 5 heteroatoms. The third-order valence-corrected chi connectivity index (χ3v) is 6.01. The van der Waals surface area contributed by atoms with E-state index in [1.807, 2.05) is 11.3 Å². The molecule has 2 N–H and O–H groups in total. The minimum atomic E-state index is -0.844. The number of thiophene rings is 2. The van der Waals surface area contributed by atoms with Crippen molar-refractivity contribution in [1.29, 1.82) is 0 Å². The summed E-state index contributed by atoms with van der Waals surface area (Å²) in [5, 5.41) is 16.5. The van der Waals surface area contributed by atoms with E-state index in [0.717, 1.165) is 11.4 Å². The second-order valence-corrected chi connectivity index (χ2v) is 7.50. The van der Waals surface area contributed by atoms with E-state index in [4.69, 9.17) is 5.11 Å². The highest BCUT2D eigenvalue weighted by molar-refractivity contribution is 7.10. The lowest BCUT2D eigenvalue weighted by atomic mass is 9.96. The van der Waals surface area contributed by atoms with E-state index in [1.54, 1.807) is 11.4 Å². The molecule has 0 spiro atoms. The van der Waals surface area contributed by atoms with Crippen molar-refractivity contribution < 1.29 is 9.90 Å². The molecule has 0 bridgehead atoms. The summed E-state index contributed by atoms with van der Waals surface area (Å²) in [5.41, 5.74) is 0.394. The van der Waals surface area contributed by atoms with Crippen molar-refractivity contribution >= 4 is 28.6 Å². The summed E-state index contributed by atoms with van der Waals surface area (Å²) in [5.74, 6) is -0.134. The van der Waals surface area contributed by atoms with Crippen LogP contribution in [0.2, 0.25) is 0 Å². The summed E-state index contributed by atoms with van der Waals surface area (Å²) in [6, 6.07) is 6.50. The van der Waals surface area contributed by atoms with Crippen LogP contribution in [0.5, 0.6) is 0 Å². The van der Waals surface area contributed by atoms with E-state index in [2.05, 4.69) is 22.8 Å². The highest BCUT2D eigenvalue weighted by Gasteiger charge is 2.26. The van der Waals surface area contributed by atoms with Crippen molar-refractivity contribution in [2.75, 3.05) is 0 Å². The van der Waals surface area contributed by atoms with Crippen LogP contribution in [0.25, 0.3) is 0 Å². The monoisotopic (exact) mass is 321 g/mol. The quantitative estimate of drug-likeness (QED) is 0.822. The molecule has 0 amide bonds. The van der Waals surface area contributed by atoms with Crippen LogP contribution in [-0.2, 0) is 6.54 Å². The highest BCUT2D eigenvalue weighted by Crippen LogP contribution is 2.37. The fourth-order valence-corrected chi connectivity index (χ4v) is 4.76. The van der Waals surface area contributed by atoms with Crippen molar-refractivity contribution in [2.24, 2.45) is 5.92 Å². The molecular weight excluding hydrogens is 302 g/mol. The standard InChI is InChI=1S/C16H19NO2S2/c18-16(19)12-8-13(21-10-12)9-17-15(11-4-1-2-5-11)14-6-3-7-20-14/h3,6-8,10-11,15,17H,1-2,4-5,9H2,(H,18,19). The fraction of sp³-hybridized carbons (Fsp3) is 0.438. The Morgan fingerprint density at radius 2 is 2.19 bits per heavy atom. The first-order valence-electron chi connectivity index (χ1n) is 7.31. The van der Waals surface area contributed by atoms with Crippen LogP contribution in [-0.4, -0.2) is 11.1 Å². The van der Waals surface area contributed by atoms with E-state index >= 15 is 0 Å². The second kappa shape index (κ2) is 6.73. The molecule has 1 aliphatic rings. The summed E-state index contributed by atoms with van der Waals surface area (Å²) in [6.07, 6.45) is 5.24. The Morgan fingerprint density at radius 3 is 2.81 bits per heavy atom. The van der Waals surface area contributed by atoms with Crippen LogP contribution in [0.1, 0.15) is 51.8 Å². The molecule has 2 heterocycles. The molecule has 1 fully saturated rings. The molecule has 1 saturated carbocycles. The maximum Gasteiger partial charge on any atom is 0.336 e. The van der Waals surface area contributed by atoms with E-state index in [9.17, 15) is 4.79 Å². The average Bonchev–Trinajstić information content (AvgIpc) is 3.22. The molecule has 3 rings (SSSR count). The molecule has 2 aromatic heterocycles. The molecule has 112 valence electrons. The van der Waals surface area contributed by atoms with Gasteiger partial charge in [-0.25, -0.2) is 4.79 Å². The van der Waals surface area contributed by atoms with Gasteiger partial charge in [-0.3, -0.25) is 0 Å². The summed E-state index contributed by atoms with van der Waals surface area (Å²) < 4.78 is 0. The number of nitrogens with one attached hydrogen (secondary N) is 1. The lowest BCUT2D eigenvalue weighted by Crippen LogP contribution is -2.25. The molecule has 1 unspecified atom stereocenters. The number of carbonyl (C=O) groups is 1. The Balaban J connectivity index is 1.68. The Labute approximate surface area is 132 Å². The van der Waals surface area contributed by atoms with Gasteiger partial charge in [-0.1, -0.05) is 18.9 Å². The normalized spacial score (nSPS) is 17.1. The average molecular weight is 321 g/mol. The third kappa shape index (κ3) is 3.54. The number of aromatic carboxylic acids is 1. The summed E-state index contributed by atoms with van der Waals surface area (Å²) >= 11 is 3.33. The van der Waals surface area contributed by atoms with Crippen LogP contribution >= 0.6 is 22.7 Å². The van der Waals surface area contributed by atoms with Crippen LogP contribution in [0.4, 0.5) is 0 Å². The predicted octanol–water partition coefficient (Wildman–Crippen LogP) is 4.53. The highest BCUT2D eigenvalue weighted by atomic mass is 32.1. The van der Waals surface area contributed by atoms with Crippen LogP contribution < -0.4 is 5.32 Å². The predicted molar refractivity (Wildman–Crippen MR) is 87.1 cm³/mol. The minimum Gasteiger partial charge on any atom is -0.478 e. The number of hydrogen-bond acceptors (Lipinski definition) is 4. The van der Waals surface area contributed by atoms with Gasteiger partial charge in [-0.2, -0.15) is 0 Å². The summed E-state index contributed by atoms with van der Waals surface area (Å²) in [7, 11) is 0. The Morgan fingerprint density at radius 1 is 1.38 bits per heavy atom. The zero-order chi connectivity index (χ0) is 14.7. The van der Waals surface area contributed by atoms with E-state index in [0.29, 0.717) is 17.5 Å². The SMILES string of the molecule is O=C(O)c1csc(CNC(c2cccs2)C2CCCC2)c1. The molecule has 1 atom stereocenters. The first-order valence-corrected chi connectivity index (χ1v) is 9.07. The first-order chi connectivity index (χ1) is 10.2. The zero-order valence-corrected chi connectivity index (χ0v) is 13.4. The fourth-order valence-electron chi connectivity index (χ4n) is 3.05. The van der Waals surface area contributed by atoms with Gasteiger partial charge in [0.1, 0.15) is 0 Å². The molecular formula is C16H19NO2S2. The van der Waals surface area contributed by atoms with Gasteiger partial charge in [0.2, 0.25) is 0 Å². The minimum absolute atomic E-state index is 0.394. The van der Waals surface area contributed by atoms with E-state index in [-0.39, 0.29) is 0 Å². The number of carboxylic acid groups (broad SMARTS) is 1. The molecule has 3 nitrogen and oxygen atoms in total. The van der Waals surface area contributed by atoms with Crippen LogP contribution in [0.3, 0.4) is 0 Å². The zero-order valence-electron chi connectivity index (χ0n) is 11.7. The van der Waals surface area contributed by atoms with Crippen molar-refractivity contribution in [3.05, 3.63) is 44.3 Å². The first kappa shape index (κ1) is 14.8. The Hall–Kier alpha value is -1.17. The molecule has 0 aliphatic heterocycles. The molecule has 1 aliphatic carbocycles. The van der Waals surface area contributed by atoms with Crippen molar-refractivity contribution in [2.45, 2.75) is 38.3 Å². The van der Waals surface area contributed by atoms with Gasteiger partial charge in [0, 0.05) is 27.7 Å². The van der Waals surface area contributed by atoms with Gasteiger partial charge < -0.3 is 10.4 Å². The topological polar surface area (TPSA) is 49.3 Å². The van der Waals surface area contributed by atoms with Crippen molar-refractivity contribution in [1.82, 2.24) is 5.32 Å². The summed E-state index contributed by atoms with van der Waals surface area (Å²) in [6.45, 7) is 0.747. The van der Waals surface area contributed by atoms with Gasteiger partial charge >= 0.3 is 5.97 Å². The number of hydrogen-bond donors (Lipinski definition) is 2. The Kier molecular flexibility index (Phi) is 4.73. The smallest absolute Gasteiger partial charge is 0.336 e. The largest absolute Gasteiger partial charge is 0.478 e. The number of carboxylic acids is 1. The van der Waals surface area contributed by atoms with Gasteiger partial charge in [-0.05, 0) is 36.3 Å². The number of rotatable bonds is 6. The Bertz CT molecular complexity index is 585. The van der Waals surface area contributed by atoms with Crippen molar-refractivity contribution in [3.8, 4) is 0 Å². The lowest BCUT2D eigenvalue weighted by Gasteiger charge is -2.23. The maximum absolute atomic E-state index is 10.9. The summed E-state index contributed by atoms with van der Waals surface area (Å²) in [4.78, 5) is 13.4. The molecule has 0 radical (unpaired) electrons. The van der Waals surface area contributed by atoms with E-state index < -0.39 is 5.97 Å². The lowest BCUT2D eigenvalue weighted by molar-refractivity contribution is 0.0697. The van der Waals surface area contributed by atoms with Gasteiger partial charge in [0.25, 0.3) is 0 Å². The molecule has 0 aromatic carbocycles. The molecule has 2 aromatic rings. The van der Waals surface area contributed by atoms with Crippen LogP contribution in [0.15, 0.2) is 29.0 Å². The van der Waals surface area contributed by atoms with Gasteiger partial charge in [0.05, 0.1) is 5.56 Å². The van der Waals surface area contributed by atoms with Crippen LogP contribution in [0, 0.1) is 5.92 Å². The third-order valence-electron chi connectivity index (χ3n) is 4.12. The molecule has 0 saturated heterocycles. The van der Waals surface area contributed by atoms with E-state index in [1.165, 1.54) is 41.9 Å². The van der Waals surface area contributed by atoms with Crippen molar-refractivity contribution in [3.63, 3.8) is 0 Å². The van der Waals surface area contributed by atoms with Gasteiger partial charge in [-0.15, -0.1) is 22.7 Å². The molecule has 21 heavy (non-hydrogen) atoms. The second-order valence-electron chi connectivity index (χ2n) is 5.53.